The van der Waals surface area contributed by atoms with Gasteiger partial charge in [-0.2, -0.15) is 0 Å². The third kappa shape index (κ3) is 5.36. The molecule has 0 aliphatic heterocycles. The number of carbonyl (C=O) groups excluding carboxylic acids is 1. The second kappa shape index (κ2) is 7.68. The van der Waals surface area contributed by atoms with Gasteiger partial charge in [0.25, 0.3) is 0 Å². The highest BCUT2D eigenvalue weighted by molar-refractivity contribution is 5.92. The monoisotopic (exact) mass is 236 g/mol. The van der Waals surface area contributed by atoms with E-state index >= 15 is 0 Å². The van der Waals surface area contributed by atoms with E-state index in [1.807, 2.05) is 24.3 Å². The lowest BCUT2D eigenvalue weighted by Gasteiger charge is -2.07. The molecule has 2 N–H and O–H groups in total. The number of ether oxygens (including phenoxy) is 1. The van der Waals surface area contributed by atoms with E-state index in [1.54, 1.807) is 7.05 Å². The van der Waals surface area contributed by atoms with Crippen LogP contribution < -0.4 is 15.4 Å². The highest BCUT2D eigenvalue weighted by Gasteiger charge is 2.00. The number of rotatable bonds is 7. The summed E-state index contributed by atoms with van der Waals surface area (Å²) in [7, 11) is 1.74. The Balaban J connectivity index is 2.41. The van der Waals surface area contributed by atoms with Crippen LogP contribution >= 0.6 is 0 Å². The van der Waals surface area contributed by atoms with Crippen LogP contribution in [0, 0.1) is 0 Å². The number of amides is 1. The van der Waals surface area contributed by atoms with Crippen molar-refractivity contribution < 1.29 is 9.53 Å². The topological polar surface area (TPSA) is 50.4 Å². The first-order valence-corrected chi connectivity index (χ1v) is 5.93. The molecule has 94 valence electrons. The van der Waals surface area contributed by atoms with Crippen molar-refractivity contribution in [3.63, 3.8) is 0 Å². The molecule has 4 nitrogen and oxygen atoms in total. The van der Waals surface area contributed by atoms with Gasteiger partial charge in [-0.15, -0.1) is 0 Å². The third-order valence-electron chi connectivity index (χ3n) is 2.24. The second-order valence-electron chi connectivity index (χ2n) is 3.80. The molecule has 0 spiro atoms. The number of carbonyl (C=O) groups is 1. The first kappa shape index (κ1) is 13.5. The van der Waals surface area contributed by atoms with Gasteiger partial charge in [0.2, 0.25) is 5.91 Å². The number of benzene rings is 1. The average molecular weight is 236 g/mol. The molecule has 1 aromatic rings. The van der Waals surface area contributed by atoms with E-state index < -0.39 is 0 Å². The van der Waals surface area contributed by atoms with Crippen molar-refractivity contribution in [2.75, 3.05) is 25.5 Å². The Labute approximate surface area is 102 Å². The fourth-order valence-electron chi connectivity index (χ4n) is 1.33. The van der Waals surface area contributed by atoms with Gasteiger partial charge in [-0.05, 0) is 37.7 Å². The Bertz CT molecular complexity index is 336. The second-order valence-corrected chi connectivity index (χ2v) is 3.80. The van der Waals surface area contributed by atoms with E-state index in [9.17, 15) is 4.79 Å². The molecule has 0 saturated heterocycles. The number of hydrogen-bond acceptors (Lipinski definition) is 3. The van der Waals surface area contributed by atoms with Crippen LogP contribution in [0.15, 0.2) is 24.3 Å². The number of nitrogens with one attached hydrogen (secondary N) is 2. The van der Waals surface area contributed by atoms with Crippen LogP contribution in [-0.2, 0) is 4.79 Å². The van der Waals surface area contributed by atoms with Crippen molar-refractivity contribution in [1.82, 2.24) is 5.32 Å². The van der Waals surface area contributed by atoms with Gasteiger partial charge in [0.1, 0.15) is 5.75 Å². The van der Waals surface area contributed by atoms with E-state index in [2.05, 4.69) is 17.6 Å². The molecule has 0 aromatic heterocycles. The lowest BCUT2D eigenvalue weighted by Crippen LogP contribution is -2.24. The molecule has 0 saturated carbocycles. The van der Waals surface area contributed by atoms with Gasteiger partial charge in [-0.1, -0.05) is 13.3 Å². The zero-order chi connectivity index (χ0) is 12.5. The van der Waals surface area contributed by atoms with Crippen LogP contribution in [0.1, 0.15) is 19.8 Å². The molecule has 0 heterocycles. The molecule has 0 aliphatic rings. The predicted molar refractivity (Wildman–Crippen MR) is 69.4 cm³/mol. The first-order valence-electron chi connectivity index (χ1n) is 5.93. The maximum atomic E-state index is 11.3. The highest BCUT2D eigenvalue weighted by atomic mass is 16.5. The van der Waals surface area contributed by atoms with E-state index in [4.69, 9.17) is 4.74 Å². The molecule has 17 heavy (non-hydrogen) atoms. The van der Waals surface area contributed by atoms with E-state index in [0.717, 1.165) is 30.9 Å². The maximum absolute atomic E-state index is 11.3. The van der Waals surface area contributed by atoms with E-state index in [-0.39, 0.29) is 5.91 Å². The standard InChI is InChI=1S/C13H20N2O2/c1-3-4-9-17-12-7-5-11(6-8-12)15-13(16)10-14-2/h5-8,14H,3-4,9-10H2,1-2H3,(H,15,16). The molecule has 0 atom stereocenters. The Morgan fingerprint density at radius 1 is 1.29 bits per heavy atom. The van der Waals surface area contributed by atoms with Crippen molar-refractivity contribution in [2.24, 2.45) is 0 Å². The smallest absolute Gasteiger partial charge is 0.238 e. The van der Waals surface area contributed by atoms with Crippen LogP contribution in [0.25, 0.3) is 0 Å². The molecule has 4 heteroatoms. The average Bonchev–Trinajstić information content (AvgIpc) is 2.32. The Kier molecular flexibility index (Phi) is 6.10. The molecule has 0 unspecified atom stereocenters. The van der Waals surface area contributed by atoms with Crippen molar-refractivity contribution in [2.45, 2.75) is 19.8 Å². The normalized spacial score (nSPS) is 10.0. The van der Waals surface area contributed by atoms with Gasteiger partial charge in [-0.25, -0.2) is 0 Å². The molecule has 1 aromatic carbocycles. The molecule has 0 bridgehead atoms. The van der Waals surface area contributed by atoms with Crippen LogP contribution in [0.5, 0.6) is 5.75 Å². The largest absolute Gasteiger partial charge is 0.494 e. The van der Waals surface area contributed by atoms with E-state index in [1.165, 1.54) is 0 Å². The number of unbranched alkanes of at least 4 members (excludes halogenated alkanes) is 1. The lowest BCUT2D eigenvalue weighted by atomic mass is 10.3. The van der Waals surface area contributed by atoms with Crippen molar-refractivity contribution in [1.29, 1.82) is 0 Å². The van der Waals surface area contributed by atoms with Crippen LogP contribution in [0.2, 0.25) is 0 Å². The summed E-state index contributed by atoms with van der Waals surface area (Å²) in [5, 5.41) is 5.58. The SMILES string of the molecule is CCCCOc1ccc(NC(=O)CNC)cc1. The number of anilines is 1. The Morgan fingerprint density at radius 3 is 2.59 bits per heavy atom. The zero-order valence-corrected chi connectivity index (χ0v) is 10.5. The summed E-state index contributed by atoms with van der Waals surface area (Å²) in [6, 6.07) is 7.42. The van der Waals surface area contributed by atoms with Crippen molar-refractivity contribution in [3.05, 3.63) is 24.3 Å². The molecule has 0 fully saturated rings. The summed E-state index contributed by atoms with van der Waals surface area (Å²) in [6.45, 7) is 3.18. The minimum absolute atomic E-state index is 0.0489. The van der Waals surface area contributed by atoms with Crippen LogP contribution in [0.3, 0.4) is 0 Å². The summed E-state index contributed by atoms with van der Waals surface area (Å²) >= 11 is 0. The van der Waals surface area contributed by atoms with Gasteiger partial charge in [0.15, 0.2) is 0 Å². The van der Waals surface area contributed by atoms with Gasteiger partial charge in [0.05, 0.1) is 13.2 Å². The van der Waals surface area contributed by atoms with Gasteiger partial charge < -0.3 is 15.4 Å². The quantitative estimate of drug-likeness (QED) is 0.712. The molecule has 1 amide bonds. The fourth-order valence-corrected chi connectivity index (χ4v) is 1.33. The Hall–Kier alpha value is -1.55. The molecule has 1 rings (SSSR count). The predicted octanol–water partition coefficient (Wildman–Crippen LogP) is 2.02. The van der Waals surface area contributed by atoms with Gasteiger partial charge in [-0.3, -0.25) is 4.79 Å². The summed E-state index contributed by atoms with van der Waals surface area (Å²) in [4.78, 5) is 11.3. The third-order valence-corrected chi connectivity index (χ3v) is 2.24. The minimum atomic E-state index is -0.0489. The van der Waals surface area contributed by atoms with Gasteiger partial charge in [0, 0.05) is 5.69 Å². The van der Waals surface area contributed by atoms with Crippen molar-refractivity contribution in [3.8, 4) is 5.75 Å². The molecule has 0 radical (unpaired) electrons. The first-order chi connectivity index (χ1) is 8.26. The van der Waals surface area contributed by atoms with E-state index in [0.29, 0.717) is 6.54 Å². The van der Waals surface area contributed by atoms with Crippen molar-refractivity contribution >= 4 is 11.6 Å². The Morgan fingerprint density at radius 2 is 2.00 bits per heavy atom. The summed E-state index contributed by atoms with van der Waals surface area (Å²) in [5.74, 6) is 0.789. The minimum Gasteiger partial charge on any atom is -0.494 e. The summed E-state index contributed by atoms with van der Waals surface area (Å²) in [6.07, 6.45) is 2.18. The summed E-state index contributed by atoms with van der Waals surface area (Å²) in [5.41, 5.74) is 0.785. The zero-order valence-electron chi connectivity index (χ0n) is 10.5. The van der Waals surface area contributed by atoms with Crippen LogP contribution in [0.4, 0.5) is 5.69 Å². The highest BCUT2D eigenvalue weighted by Crippen LogP contribution is 2.15. The van der Waals surface area contributed by atoms with Gasteiger partial charge >= 0.3 is 0 Å². The fraction of sp³-hybridized carbons (Fsp3) is 0.462. The molecule has 0 aliphatic carbocycles. The number of hydrogen-bond donors (Lipinski definition) is 2. The maximum Gasteiger partial charge on any atom is 0.238 e. The summed E-state index contributed by atoms with van der Waals surface area (Å²) < 4.78 is 5.53. The molecular formula is C13H20N2O2. The molecular weight excluding hydrogens is 216 g/mol. The number of likely N-dealkylation sites (N-methyl/N-ethyl adjacent to an activating group) is 1. The van der Waals surface area contributed by atoms with Crippen LogP contribution in [-0.4, -0.2) is 26.1 Å². The lowest BCUT2D eigenvalue weighted by molar-refractivity contribution is -0.115.